The molecule has 0 heterocycles. The van der Waals surface area contributed by atoms with Crippen molar-refractivity contribution in [2.24, 2.45) is 11.3 Å². The van der Waals surface area contributed by atoms with Gasteiger partial charge in [-0.05, 0) is 36.1 Å². The zero-order valence-electron chi connectivity index (χ0n) is 35.3. The standard InChI is InChI=1S/C25H25.C15H14.C12H19.2ClH.Zr/c1-14-12-24(3,4)22-8-16-7-17-9-23-19(15(2)13-25(23,5)6)11-21(17)20(16)10-18(14)22;1-12-3-7-14(8-4-12)11-15-9-5-13(2)6-10-15;1-6-10-7-9(2)8-11(10)12(3,4)5;;;/h7-13H,1-6H3;3-10H,1-2H3;8-9H,6H2,1-5H3;2*1H;/q-1;;-1;;;+2/p-2. The molecule has 0 nitrogen and oxygen atoms in total. The molecule has 3 aliphatic rings. The van der Waals surface area contributed by atoms with Crippen LogP contribution in [0.2, 0.25) is 0 Å². The van der Waals surface area contributed by atoms with Crippen LogP contribution in [-0.2, 0) is 35.1 Å². The summed E-state index contributed by atoms with van der Waals surface area (Å²) in [5.41, 5.74) is 17.4. The fraction of sp³-hybridized carbons (Fsp3) is 0.346. The van der Waals surface area contributed by atoms with Crippen LogP contribution >= 0.6 is 0 Å². The van der Waals surface area contributed by atoms with Gasteiger partial charge in [0.05, 0.1) is 0 Å². The van der Waals surface area contributed by atoms with Gasteiger partial charge in [0.25, 0.3) is 0 Å². The predicted octanol–water partition coefficient (Wildman–Crippen LogP) is 8.28. The van der Waals surface area contributed by atoms with Crippen LogP contribution in [0.3, 0.4) is 0 Å². The smallest absolute Gasteiger partial charge is 1.00 e. The van der Waals surface area contributed by atoms with E-state index in [-0.39, 0.29) is 35.6 Å². The van der Waals surface area contributed by atoms with E-state index in [1.165, 1.54) is 116 Å². The van der Waals surface area contributed by atoms with Gasteiger partial charge in [-0.2, -0.15) is 11.6 Å². The number of hydrogen-bond acceptors (Lipinski definition) is 0. The molecule has 0 bridgehead atoms. The van der Waals surface area contributed by atoms with Crippen LogP contribution in [0, 0.1) is 31.3 Å². The fourth-order valence-corrected chi connectivity index (χ4v) is 9.38. The number of aryl methyl sites for hydroxylation is 2. The van der Waals surface area contributed by atoms with Crippen LogP contribution in [-0.4, -0.2) is 3.21 Å². The fourth-order valence-electron chi connectivity index (χ4n) is 8.57. The van der Waals surface area contributed by atoms with Crippen molar-refractivity contribution < 1.29 is 49.0 Å². The van der Waals surface area contributed by atoms with E-state index in [1.54, 1.807) is 0 Å². The van der Waals surface area contributed by atoms with Gasteiger partial charge in [0.15, 0.2) is 0 Å². The summed E-state index contributed by atoms with van der Waals surface area (Å²) >= 11 is 1.46. The second-order valence-electron chi connectivity index (χ2n) is 17.9. The molecule has 5 aromatic carbocycles. The van der Waals surface area contributed by atoms with Crippen molar-refractivity contribution in [2.75, 3.05) is 0 Å². The van der Waals surface area contributed by atoms with Crippen LogP contribution in [0.15, 0.2) is 108 Å². The number of rotatable bonds is 3. The van der Waals surface area contributed by atoms with Crippen LogP contribution in [0.1, 0.15) is 127 Å². The third kappa shape index (κ3) is 9.28. The van der Waals surface area contributed by atoms with Crippen molar-refractivity contribution in [3.05, 3.63) is 159 Å². The Kier molecular flexibility index (Phi) is 13.7. The van der Waals surface area contributed by atoms with Crippen LogP contribution < -0.4 is 24.8 Å². The van der Waals surface area contributed by atoms with E-state index in [0.717, 1.165) is 6.42 Å². The van der Waals surface area contributed by atoms with Gasteiger partial charge in [-0.25, -0.2) is 5.57 Å². The molecule has 5 aromatic rings. The van der Waals surface area contributed by atoms with Crippen molar-refractivity contribution in [3.63, 3.8) is 0 Å². The Morgan fingerprint density at radius 1 is 0.691 bits per heavy atom. The summed E-state index contributed by atoms with van der Waals surface area (Å²) < 4.78 is 1.42. The number of hydrogen-bond donors (Lipinski definition) is 0. The van der Waals surface area contributed by atoms with E-state index in [4.69, 9.17) is 0 Å². The maximum absolute atomic E-state index is 3.48. The number of halogens is 2. The molecule has 55 heavy (non-hydrogen) atoms. The molecule has 1 unspecified atom stereocenters. The van der Waals surface area contributed by atoms with Crippen molar-refractivity contribution >= 4 is 35.9 Å². The van der Waals surface area contributed by atoms with Gasteiger partial charge in [0, 0.05) is 10.8 Å². The van der Waals surface area contributed by atoms with Crippen molar-refractivity contribution in [2.45, 2.75) is 107 Å². The second-order valence-corrected chi connectivity index (χ2v) is 19.1. The SMILES string of the molecule is CC1=CC(C)(C)c2cc3[cH-]c4cc5c(cc4c3cc21)C(C)=CC5(C)C.CCC1=[C-]C(C)C=C1C(C)(C)C.Cc1ccc([C](=[Zr+2])c2ccc(C)cc2)cc1.[Cl-].[Cl-]. The molecule has 0 N–H and O–H groups in total. The largest absolute Gasteiger partial charge is 1.00 e. The summed E-state index contributed by atoms with van der Waals surface area (Å²) in [6, 6.07) is 29.6. The Bertz CT molecular complexity index is 2210. The molecule has 0 saturated heterocycles. The van der Waals surface area contributed by atoms with Gasteiger partial charge in [0.1, 0.15) is 0 Å². The molecule has 0 saturated carbocycles. The predicted molar refractivity (Wildman–Crippen MR) is 230 cm³/mol. The molecule has 8 rings (SSSR count). The summed E-state index contributed by atoms with van der Waals surface area (Å²) in [4.78, 5) is 0. The maximum atomic E-state index is 3.48. The summed E-state index contributed by atoms with van der Waals surface area (Å²) in [6.07, 6.45) is 11.8. The molecular weight excluding hydrogens is 787 g/mol. The molecule has 0 aliphatic heterocycles. The van der Waals surface area contributed by atoms with Crippen LogP contribution in [0.5, 0.6) is 0 Å². The third-order valence-corrected chi connectivity index (χ3v) is 12.8. The Morgan fingerprint density at radius 2 is 1.09 bits per heavy atom. The molecule has 0 fully saturated rings. The van der Waals surface area contributed by atoms with E-state index in [1.807, 2.05) is 0 Å². The molecule has 0 radical (unpaired) electrons. The van der Waals surface area contributed by atoms with Crippen LogP contribution in [0.4, 0.5) is 0 Å². The van der Waals surface area contributed by atoms with Gasteiger partial charge in [-0.3, -0.25) is 6.08 Å². The van der Waals surface area contributed by atoms with E-state index in [0.29, 0.717) is 11.3 Å². The Balaban J connectivity index is 0.000000195. The van der Waals surface area contributed by atoms with E-state index in [9.17, 15) is 0 Å². The normalized spacial score (nSPS) is 17.3. The summed E-state index contributed by atoms with van der Waals surface area (Å²) in [5, 5.41) is 5.57. The van der Waals surface area contributed by atoms with Gasteiger partial charge in [0.2, 0.25) is 0 Å². The summed E-state index contributed by atoms with van der Waals surface area (Å²) in [7, 11) is 0. The Morgan fingerprint density at radius 3 is 1.44 bits per heavy atom. The second kappa shape index (κ2) is 16.9. The molecule has 3 heteroatoms. The first-order chi connectivity index (χ1) is 24.8. The first-order valence-corrected chi connectivity index (χ1v) is 20.7. The van der Waals surface area contributed by atoms with Crippen LogP contribution in [0.25, 0.3) is 32.7 Å². The minimum atomic E-state index is 0. The minimum absolute atomic E-state index is 0. The number of benzene rings is 4. The maximum Gasteiger partial charge on any atom is -1.00 e. The quantitative estimate of drug-likeness (QED) is 0.161. The zero-order valence-corrected chi connectivity index (χ0v) is 39.2. The number of fused-ring (bicyclic) bond motifs is 5. The molecule has 286 valence electrons. The Labute approximate surface area is 359 Å². The molecule has 0 aromatic heterocycles. The summed E-state index contributed by atoms with van der Waals surface area (Å²) in [5.74, 6) is 0.522. The van der Waals surface area contributed by atoms with E-state index < -0.39 is 0 Å². The first-order valence-electron chi connectivity index (χ1n) is 19.5. The van der Waals surface area contributed by atoms with Crippen molar-refractivity contribution in [1.29, 1.82) is 0 Å². The molecule has 1 atom stereocenters. The number of allylic oxidation sites excluding steroid dienone is 8. The molecule has 3 aliphatic carbocycles. The average molecular weight is 845 g/mol. The Hall–Kier alpha value is -2.96. The van der Waals surface area contributed by atoms with Crippen molar-refractivity contribution in [3.8, 4) is 0 Å². The molecule has 0 spiro atoms. The average Bonchev–Trinajstić information content (AvgIpc) is 3.78. The third-order valence-electron chi connectivity index (χ3n) is 11.4. The molecular formula is C52H58Cl2Zr-2. The van der Waals surface area contributed by atoms with Gasteiger partial charge >= 0.3 is 112 Å². The monoisotopic (exact) mass is 842 g/mol. The van der Waals surface area contributed by atoms with E-state index >= 15 is 0 Å². The first kappa shape index (κ1) is 44.8. The van der Waals surface area contributed by atoms with Crippen molar-refractivity contribution in [1.82, 2.24) is 0 Å². The van der Waals surface area contributed by atoms with Gasteiger partial charge in [-0.1, -0.05) is 115 Å². The van der Waals surface area contributed by atoms with Gasteiger partial charge in [-0.15, -0.1) is 39.7 Å². The van der Waals surface area contributed by atoms with E-state index in [2.05, 4.69) is 193 Å². The minimum Gasteiger partial charge on any atom is -1.00 e. The topological polar surface area (TPSA) is 0 Å². The molecule has 0 amide bonds. The zero-order chi connectivity index (χ0) is 38.6. The summed E-state index contributed by atoms with van der Waals surface area (Å²) in [6.45, 7) is 29.3. The van der Waals surface area contributed by atoms with Gasteiger partial charge < -0.3 is 24.8 Å².